The summed E-state index contributed by atoms with van der Waals surface area (Å²) in [6, 6.07) is 23.4. The number of nitrogens with zero attached hydrogens (tertiary/aromatic N) is 1. The maximum absolute atomic E-state index is 6.13. The van der Waals surface area contributed by atoms with Gasteiger partial charge in [-0.1, -0.05) is 71.1 Å². The lowest BCUT2D eigenvalue weighted by atomic mass is 10.0. The quantitative estimate of drug-likeness (QED) is 0.196. The summed E-state index contributed by atoms with van der Waals surface area (Å²) >= 11 is 2.52. The number of aromatic nitrogens is 1. The van der Waals surface area contributed by atoms with Gasteiger partial charge in [-0.2, -0.15) is 0 Å². The Morgan fingerprint density at radius 3 is 2.56 bits per heavy atom. The van der Waals surface area contributed by atoms with Crippen LogP contribution in [-0.4, -0.2) is 8.49 Å². The summed E-state index contributed by atoms with van der Waals surface area (Å²) in [4.78, 5) is 0. The second kappa shape index (κ2) is 5.73. The molecule has 0 spiro atoms. The lowest BCUT2D eigenvalue weighted by Crippen LogP contribution is -2.07. The summed E-state index contributed by atoms with van der Waals surface area (Å²) in [7, 11) is 0. The summed E-state index contributed by atoms with van der Waals surface area (Å²) < 4.78 is 9.08. The fourth-order valence-electron chi connectivity index (χ4n) is 4.38. The van der Waals surface area contributed by atoms with E-state index in [1.807, 2.05) is 12.1 Å². The van der Waals surface area contributed by atoms with E-state index < -0.39 is 0 Å². The molecule has 0 saturated heterocycles. The van der Waals surface area contributed by atoms with Gasteiger partial charge in [-0.15, -0.1) is 0 Å². The van der Waals surface area contributed by atoms with Gasteiger partial charge in [0, 0.05) is 20.4 Å². The Hall–Kier alpha value is -2.53. The van der Waals surface area contributed by atoms with Gasteiger partial charge < -0.3 is 8.98 Å². The maximum Gasteiger partial charge on any atom is 0.137 e. The topological polar surface area (TPSA) is 18.1 Å². The average Bonchev–Trinajstić information content (AvgIpc) is 3.23. The van der Waals surface area contributed by atoms with Gasteiger partial charge in [0.25, 0.3) is 0 Å². The number of fused-ring (bicyclic) bond motifs is 6. The molecule has 0 N–H and O–H groups in total. The van der Waals surface area contributed by atoms with Crippen molar-refractivity contribution in [1.82, 2.24) is 4.57 Å². The molecule has 3 heteroatoms. The van der Waals surface area contributed by atoms with Gasteiger partial charge >= 0.3 is 0 Å². The van der Waals surface area contributed by atoms with Crippen molar-refractivity contribution < 1.29 is 4.42 Å². The van der Waals surface area contributed by atoms with Crippen LogP contribution >= 0.6 is 22.6 Å². The zero-order valence-corrected chi connectivity index (χ0v) is 16.7. The molecule has 1 unspecified atom stereocenters. The number of alkyl halides is 1. The van der Waals surface area contributed by atoms with Gasteiger partial charge in [0.15, 0.2) is 0 Å². The van der Waals surface area contributed by atoms with Crippen molar-refractivity contribution in [2.45, 2.75) is 10.3 Å². The molecular weight excluding hydrogens is 445 g/mol. The van der Waals surface area contributed by atoms with E-state index in [0.717, 1.165) is 17.6 Å². The summed E-state index contributed by atoms with van der Waals surface area (Å²) in [6.07, 6.45) is 5.67. The van der Waals surface area contributed by atoms with Crippen LogP contribution in [0.5, 0.6) is 0 Å². The first-order valence-corrected chi connectivity index (χ1v) is 10.4. The lowest BCUT2D eigenvalue weighted by molar-refractivity contribution is 0.669. The first-order chi connectivity index (χ1) is 13.3. The molecule has 0 bridgehead atoms. The molecule has 6 rings (SSSR count). The molecule has 0 aliphatic heterocycles. The van der Waals surface area contributed by atoms with Crippen molar-refractivity contribution in [2.75, 3.05) is 0 Å². The maximum atomic E-state index is 6.13. The molecule has 1 aliphatic rings. The van der Waals surface area contributed by atoms with Gasteiger partial charge in [0.05, 0.1) is 16.6 Å². The van der Waals surface area contributed by atoms with E-state index >= 15 is 0 Å². The van der Waals surface area contributed by atoms with Crippen LogP contribution in [0.15, 0.2) is 77.2 Å². The van der Waals surface area contributed by atoms with Crippen molar-refractivity contribution in [3.8, 4) is 5.69 Å². The number of rotatable bonds is 1. The summed E-state index contributed by atoms with van der Waals surface area (Å²) in [5.41, 5.74) is 7.06. The molecule has 1 atom stereocenters. The monoisotopic (exact) mass is 461 g/mol. The molecule has 0 saturated carbocycles. The second-order valence-electron chi connectivity index (χ2n) is 7.04. The van der Waals surface area contributed by atoms with E-state index in [4.69, 9.17) is 4.42 Å². The molecule has 2 heterocycles. The van der Waals surface area contributed by atoms with E-state index in [9.17, 15) is 0 Å². The molecule has 2 aromatic heterocycles. The van der Waals surface area contributed by atoms with Crippen molar-refractivity contribution in [1.29, 1.82) is 0 Å². The van der Waals surface area contributed by atoms with E-state index in [1.54, 1.807) is 0 Å². The van der Waals surface area contributed by atoms with Gasteiger partial charge in [0.1, 0.15) is 11.2 Å². The number of halogens is 1. The standard InChI is InChI=1S/C24H16INO/c25-15-12-13-20-18(14-15)16-6-1-3-8-19(16)26(20)21-9-5-11-23-24(21)17-7-2-4-10-22(17)27-23/h1-13,15H,14H2. The highest BCUT2D eigenvalue weighted by Gasteiger charge is 2.23. The van der Waals surface area contributed by atoms with E-state index in [0.29, 0.717) is 3.92 Å². The molecule has 130 valence electrons. The van der Waals surface area contributed by atoms with Gasteiger partial charge in [-0.25, -0.2) is 0 Å². The molecule has 0 fully saturated rings. The third-order valence-corrected chi connectivity index (χ3v) is 6.36. The average molecular weight is 461 g/mol. The minimum atomic E-state index is 0.542. The zero-order valence-electron chi connectivity index (χ0n) is 14.5. The van der Waals surface area contributed by atoms with Crippen LogP contribution in [0.25, 0.3) is 44.6 Å². The van der Waals surface area contributed by atoms with Crippen LogP contribution in [0.2, 0.25) is 0 Å². The predicted molar refractivity (Wildman–Crippen MR) is 121 cm³/mol. The molecule has 3 aromatic carbocycles. The van der Waals surface area contributed by atoms with Crippen LogP contribution in [0.3, 0.4) is 0 Å². The van der Waals surface area contributed by atoms with Gasteiger partial charge in [-0.3, -0.25) is 0 Å². The lowest BCUT2D eigenvalue weighted by Gasteiger charge is -2.15. The van der Waals surface area contributed by atoms with Crippen molar-refractivity contribution >= 4 is 61.5 Å². The third kappa shape index (κ3) is 2.18. The highest BCUT2D eigenvalue weighted by molar-refractivity contribution is 14.1. The third-order valence-electron chi connectivity index (χ3n) is 5.50. The Morgan fingerprint density at radius 1 is 0.852 bits per heavy atom. The van der Waals surface area contributed by atoms with Crippen LogP contribution in [0.1, 0.15) is 11.3 Å². The molecule has 1 aliphatic carbocycles. The van der Waals surface area contributed by atoms with Crippen LogP contribution in [0.4, 0.5) is 0 Å². The Balaban J connectivity index is 1.80. The highest BCUT2D eigenvalue weighted by atomic mass is 127. The zero-order chi connectivity index (χ0) is 18.0. The molecule has 0 radical (unpaired) electrons. The predicted octanol–water partition coefficient (Wildman–Crippen LogP) is 6.90. The van der Waals surface area contributed by atoms with E-state index in [2.05, 4.69) is 93.9 Å². The molecule has 5 aromatic rings. The Kier molecular flexibility index (Phi) is 3.29. The van der Waals surface area contributed by atoms with Crippen LogP contribution in [-0.2, 0) is 6.42 Å². The number of allylic oxidation sites excluding steroid dienone is 1. The molecule has 2 nitrogen and oxygen atoms in total. The first-order valence-electron chi connectivity index (χ1n) is 9.16. The fraction of sp³-hybridized carbons (Fsp3) is 0.0833. The smallest absolute Gasteiger partial charge is 0.137 e. The summed E-state index contributed by atoms with van der Waals surface area (Å²) in [6.45, 7) is 0. The van der Waals surface area contributed by atoms with Gasteiger partial charge in [0.2, 0.25) is 0 Å². The largest absolute Gasteiger partial charge is 0.456 e. The second-order valence-corrected chi connectivity index (χ2v) is 8.64. The number of benzene rings is 3. The Labute approximate surface area is 170 Å². The summed E-state index contributed by atoms with van der Waals surface area (Å²) in [5.74, 6) is 0. The van der Waals surface area contributed by atoms with E-state index in [1.165, 1.54) is 38.6 Å². The molecule has 27 heavy (non-hydrogen) atoms. The number of hydrogen-bond donors (Lipinski definition) is 0. The van der Waals surface area contributed by atoms with Crippen LogP contribution < -0.4 is 0 Å². The first kappa shape index (κ1) is 15.5. The fourth-order valence-corrected chi connectivity index (χ4v) is 5.02. The minimum absolute atomic E-state index is 0.542. The highest BCUT2D eigenvalue weighted by Crippen LogP contribution is 2.39. The Morgan fingerprint density at radius 2 is 1.63 bits per heavy atom. The summed E-state index contributed by atoms with van der Waals surface area (Å²) in [5, 5.41) is 3.70. The Bertz CT molecular complexity index is 1370. The van der Waals surface area contributed by atoms with Crippen molar-refractivity contribution in [2.24, 2.45) is 0 Å². The number of para-hydroxylation sites is 2. The minimum Gasteiger partial charge on any atom is -0.456 e. The van der Waals surface area contributed by atoms with Crippen molar-refractivity contribution in [3.05, 3.63) is 84.1 Å². The van der Waals surface area contributed by atoms with Crippen molar-refractivity contribution in [3.63, 3.8) is 0 Å². The SMILES string of the molecule is IC1C=Cc2c(c3ccccc3n2-c2cccc3oc4ccccc4c23)C1. The van der Waals surface area contributed by atoms with E-state index in [-0.39, 0.29) is 0 Å². The normalized spacial score (nSPS) is 16.4. The molecule has 0 amide bonds. The number of hydrogen-bond acceptors (Lipinski definition) is 1. The molecular formula is C24H16INO. The number of furan rings is 1. The van der Waals surface area contributed by atoms with Crippen LogP contribution in [0, 0.1) is 0 Å². The van der Waals surface area contributed by atoms with Gasteiger partial charge in [-0.05, 0) is 42.3 Å².